The van der Waals surface area contributed by atoms with Gasteiger partial charge < -0.3 is 5.32 Å². The molecule has 8 nitrogen and oxygen atoms in total. The Morgan fingerprint density at radius 3 is 3.00 bits per heavy atom. The summed E-state index contributed by atoms with van der Waals surface area (Å²) in [5.74, 6) is 0.850. The summed E-state index contributed by atoms with van der Waals surface area (Å²) in [6, 6.07) is 7.71. The Bertz CT molecular complexity index is 964. The predicted molar refractivity (Wildman–Crippen MR) is 104 cm³/mol. The molecule has 0 aromatic carbocycles. The maximum atomic E-state index is 12.0. The van der Waals surface area contributed by atoms with E-state index in [0.717, 1.165) is 43.2 Å². The highest BCUT2D eigenvalue weighted by Crippen LogP contribution is 2.17. The molecule has 0 radical (unpaired) electrons. The molecule has 1 N–H and O–H groups in total. The highest BCUT2D eigenvalue weighted by atomic mass is 16.1. The van der Waals surface area contributed by atoms with Crippen molar-refractivity contribution in [3.8, 4) is 0 Å². The van der Waals surface area contributed by atoms with Crippen LogP contribution in [0.25, 0.3) is 5.65 Å². The molecule has 0 spiro atoms. The zero-order chi connectivity index (χ0) is 18.6. The second kappa shape index (κ2) is 7.87. The average Bonchev–Trinajstić information content (AvgIpc) is 3.15. The van der Waals surface area contributed by atoms with Crippen molar-refractivity contribution >= 4 is 11.5 Å². The monoisotopic (exact) mass is 367 g/mol. The molecule has 4 rings (SSSR count). The lowest BCUT2D eigenvalue weighted by Gasteiger charge is -2.35. The van der Waals surface area contributed by atoms with Crippen molar-refractivity contribution < 1.29 is 0 Å². The largest absolute Gasteiger partial charge is 0.367 e. The second-order valence-electron chi connectivity index (χ2n) is 7.05. The van der Waals surface area contributed by atoms with E-state index in [1.807, 2.05) is 25.3 Å². The Morgan fingerprint density at radius 1 is 1.15 bits per heavy atom. The van der Waals surface area contributed by atoms with Gasteiger partial charge in [-0.2, -0.15) is 5.10 Å². The van der Waals surface area contributed by atoms with Crippen molar-refractivity contribution in [1.29, 1.82) is 0 Å². The van der Waals surface area contributed by atoms with E-state index in [0.29, 0.717) is 12.6 Å². The van der Waals surface area contributed by atoms with Crippen LogP contribution < -0.4 is 10.9 Å². The molecule has 3 aromatic heterocycles. The van der Waals surface area contributed by atoms with Crippen LogP contribution in [0.3, 0.4) is 0 Å². The first kappa shape index (κ1) is 17.7. The number of nitrogens with one attached hydrogen (secondary N) is 1. The number of nitrogens with zero attached hydrogens (tertiary/aromatic N) is 6. The minimum Gasteiger partial charge on any atom is -0.367 e. The SMILES string of the molecule is Cc1ccc(=O)n(CCN2CCCCC2CNc2ccc3nccn3n2)n1. The Morgan fingerprint density at radius 2 is 2.07 bits per heavy atom. The average molecular weight is 367 g/mol. The molecule has 1 fully saturated rings. The predicted octanol–water partition coefficient (Wildman–Crippen LogP) is 1.56. The van der Waals surface area contributed by atoms with Gasteiger partial charge in [-0.25, -0.2) is 14.2 Å². The van der Waals surface area contributed by atoms with Gasteiger partial charge in [-0.1, -0.05) is 6.42 Å². The van der Waals surface area contributed by atoms with Crippen molar-refractivity contribution in [3.63, 3.8) is 0 Å². The zero-order valence-corrected chi connectivity index (χ0v) is 15.6. The van der Waals surface area contributed by atoms with Gasteiger partial charge in [0.05, 0.1) is 12.2 Å². The number of anilines is 1. The molecule has 0 aliphatic carbocycles. The topological polar surface area (TPSA) is 80.4 Å². The summed E-state index contributed by atoms with van der Waals surface area (Å²) in [5, 5.41) is 12.3. The van der Waals surface area contributed by atoms with Crippen molar-refractivity contribution in [2.24, 2.45) is 0 Å². The maximum absolute atomic E-state index is 12.0. The molecule has 1 saturated heterocycles. The normalized spacial score (nSPS) is 18.0. The first-order valence-corrected chi connectivity index (χ1v) is 9.52. The lowest BCUT2D eigenvalue weighted by Crippen LogP contribution is -2.45. The van der Waals surface area contributed by atoms with E-state index >= 15 is 0 Å². The quantitative estimate of drug-likeness (QED) is 0.712. The minimum atomic E-state index is -0.0369. The fourth-order valence-corrected chi connectivity index (χ4v) is 3.65. The van der Waals surface area contributed by atoms with Crippen LogP contribution in [-0.4, -0.2) is 55.0 Å². The number of hydrogen-bond donors (Lipinski definition) is 1. The van der Waals surface area contributed by atoms with E-state index in [2.05, 4.69) is 25.4 Å². The summed E-state index contributed by atoms with van der Waals surface area (Å²) in [5.41, 5.74) is 1.67. The summed E-state index contributed by atoms with van der Waals surface area (Å²) in [7, 11) is 0. The van der Waals surface area contributed by atoms with Crippen molar-refractivity contribution in [1.82, 2.24) is 29.3 Å². The molecular weight excluding hydrogens is 342 g/mol. The number of aromatic nitrogens is 5. The minimum absolute atomic E-state index is 0.0369. The van der Waals surface area contributed by atoms with Gasteiger partial charge in [0.25, 0.3) is 5.56 Å². The lowest BCUT2D eigenvalue weighted by atomic mass is 10.0. The van der Waals surface area contributed by atoms with Crippen LogP contribution in [-0.2, 0) is 6.54 Å². The smallest absolute Gasteiger partial charge is 0.266 e. The number of imidazole rings is 1. The third kappa shape index (κ3) is 4.16. The van der Waals surface area contributed by atoms with Crippen LogP contribution in [0.15, 0.2) is 41.5 Å². The third-order valence-corrected chi connectivity index (χ3v) is 5.12. The molecule has 1 aliphatic heterocycles. The molecule has 1 atom stereocenters. The van der Waals surface area contributed by atoms with Gasteiger partial charge in [-0.15, -0.1) is 5.10 Å². The summed E-state index contributed by atoms with van der Waals surface area (Å²) in [6.45, 7) is 5.25. The van der Waals surface area contributed by atoms with E-state index in [1.54, 1.807) is 27.5 Å². The van der Waals surface area contributed by atoms with Gasteiger partial charge in [0.1, 0.15) is 5.82 Å². The molecule has 142 valence electrons. The summed E-state index contributed by atoms with van der Waals surface area (Å²) < 4.78 is 3.35. The van der Waals surface area contributed by atoms with E-state index in [1.165, 1.54) is 12.8 Å². The molecule has 4 heterocycles. The van der Waals surface area contributed by atoms with Gasteiger partial charge in [-0.3, -0.25) is 9.69 Å². The fraction of sp³-hybridized carbons (Fsp3) is 0.474. The first-order valence-electron chi connectivity index (χ1n) is 9.52. The second-order valence-corrected chi connectivity index (χ2v) is 7.05. The molecule has 1 unspecified atom stereocenters. The Labute approximate surface area is 157 Å². The van der Waals surface area contributed by atoms with Gasteiger partial charge >= 0.3 is 0 Å². The third-order valence-electron chi connectivity index (χ3n) is 5.12. The van der Waals surface area contributed by atoms with Gasteiger partial charge in [0, 0.05) is 37.6 Å². The van der Waals surface area contributed by atoms with Crippen molar-refractivity contribution in [2.75, 3.05) is 25.0 Å². The number of hydrogen-bond acceptors (Lipinski definition) is 6. The Balaban J connectivity index is 1.38. The van der Waals surface area contributed by atoms with Crippen LogP contribution >= 0.6 is 0 Å². The van der Waals surface area contributed by atoms with E-state index in [-0.39, 0.29) is 5.56 Å². The Kier molecular flexibility index (Phi) is 5.15. The lowest BCUT2D eigenvalue weighted by molar-refractivity contribution is 0.148. The Hall–Kier alpha value is -2.74. The van der Waals surface area contributed by atoms with Crippen LogP contribution in [0, 0.1) is 6.92 Å². The van der Waals surface area contributed by atoms with Crippen molar-refractivity contribution in [2.45, 2.75) is 38.8 Å². The molecule has 0 saturated carbocycles. The molecule has 27 heavy (non-hydrogen) atoms. The maximum Gasteiger partial charge on any atom is 0.266 e. The van der Waals surface area contributed by atoms with Crippen molar-refractivity contribution in [3.05, 3.63) is 52.7 Å². The number of rotatable bonds is 6. The van der Waals surface area contributed by atoms with Crippen LogP contribution in [0.4, 0.5) is 5.82 Å². The molecule has 0 amide bonds. The highest BCUT2D eigenvalue weighted by Gasteiger charge is 2.22. The summed E-state index contributed by atoms with van der Waals surface area (Å²) in [4.78, 5) is 18.7. The van der Waals surface area contributed by atoms with E-state index < -0.39 is 0 Å². The molecule has 0 bridgehead atoms. The molecule has 8 heteroatoms. The standard InChI is InChI=1S/C19H25N7O/c1-15-5-8-19(27)26(22-15)13-12-24-10-3-2-4-16(24)14-21-17-6-7-18-20-9-11-25(18)23-17/h5-9,11,16H,2-4,10,12-14H2,1H3,(H,21,23). The summed E-state index contributed by atoms with van der Waals surface area (Å²) in [6.07, 6.45) is 7.18. The molecule has 1 aliphatic rings. The van der Waals surface area contributed by atoms with Gasteiger partial charge in [0.15, 0.2) is 5.65 Å². The van der Waals surface area contributed by atoms with Gasteiger partial charge in [-0.05, 0) is 44.5 Å². The highest BCUT2D eigenvalue weighted by molar-refractivity contribution is 5.43. The molecular formula is C19H25N7O. The van der Waals surface area contributed by atoms with Crippen LogP contribution in [0.1, 0.15) is 25.0 Å². The number of piperidine rings is 1. The summed E-state index contributed by atoms with van der Waals surface area (Å²) >= 11 is 0. The van der Waals surface area contributed by atoms with Crippen LogP contribution in [0.5, 0.6) is 0 Å². The first-order chi connectivity index (χ1) is 13.2. The number of fused-ring (bicyclic) bond motifs is 1. The van der Waals surface area contributed by atoms with E-state index in [9.17, 15) is 4.79 Å². The van der Waals surface area contributed by atoms with Gasteiger partial charge in [0.2, 0.25) is 0 Å². The fourth-order valence-electron chi connectivity index (χ4n) is 3.65. The van der Waals surface area contributed by atoms with Crippen LogP contribution in [0.2, 0.25) is 0 Å². The number of likely N-dealkylation sites (tertiary alicyclic amines) is 1. The zero-order valence-electron chi connectivity index (χ0n) is 15.6. The molecule has 3 aromatic rings. The number of aryl methyl sites for hydroxylation is 1. The van der Waals surface area contributed by atoms with E-state index in [4.69, 9.17) is 0 Å².